The SMILES string of the molecule is O=C(Nc1cc(F)c(Oc2ccnc3[nH]cc(C(F)(F)F)c23)c(F)c1)NC1CCCOC1. The highest BCUT2D eigenvalue weighted by atomic mass is 19.4. The number of benzene rings is 1. The average molecular weight is 456 g/mol. The van der Waals surface area contributed by atoms with E-state index in [2.05, 4.69) is 20.6 Å². The van der Waals surface area contributed by atoms with Crippen LogP contribution in [0.3, 0.4) is 0 Å². The number of amides is 2. The van der Waals surface area contributed by atoms with E-state index >= 15 is 0 Å². The fourth-order valence-electron chi connectivity index (χ4n) is 3.38. The first-order chi connectivity index (χ1) is 15.2. The van der Waals surface area contributed by atoms with Gasteiger partial charge in [-0.15, -0.1) is 0 Å². The maximum atomic E-state index is 14.6. The number of carbonyl (C=O) groups is 1. The standard InChI is InChI=1S/C20H17F5N4O3/c21-13-6-11(29-19(30)28-10-2-1-5-31-9-10)7-14(22)17(13)32-15-3-4-26-18-16(15)12(8-27-18)20(23,24)25/h3-4,6-8,10H,1-2,5,9H2,(H,26,27)(H2,28,29,30). The van der Waals surface area contributed by atoms with Crippen molar-refractivity contribution in [2.75, 3.05) is 18.5 Å². The van der Waals surface area contributed by atoms with Gasteiger partial charge in [-0.25, -0.2) is 18.6 Å². The summed E-state index contributed by atoms with van der Waals surface area (Å²) in [5, 5.41) is 4.48. The Labute approximate surface area is 177 Å². The Balaban J connectivity index is 1.56. The van der Waals surface area contributed by atoms with Crippen molar-refractivity contribution in [2.45, 2.75) is 25.1 Å². The molecular weight excluding hydrogens is 439 g/mol. The number of nitrogens with zero attached hydrogens (tertiary/aromatic N) is 1. The van der Waals surface area contributed by atoms with Crippen LogP contribution in [-0.2, 0) is 10.9 Å². The molecule has 2 amide bonds. The molecule has 1 unspecified atom stereocenters. The largest absolute Gasteiger partial charge is 0.450 e. The summed E-state index contributed by atoms with van der Waals surface area (Å²) in [4.78, 5) is 18.2. The van der Waals surface area contributed by atoms with Crippen LogP contribution in [0, 0.1) is 11.6 Å². The second kappa shape index (κ2) is 8.61. The molecule has 0 aliphatic carbocycles. The van der Waals surface area contributed by atoms with Gasteiger partial charge in [-0.05, 0) is 18.9 Å². The highest BCUT2D eigenvalue weighted by Gasteiger charge is 2.35. The molecule has 1 fully saturated rings. The first kappa shape index (κ1) is 21.8. The zero-order valence-corrected chi connectivity index (χ0v) is 16.4. The predicted octanol–water partition coefficient (Wildman–Crippen LogP) is 4.95. The van der Waals surface area contributed by atoms with Crippen LogP contribution < -0.4 is 15.4 Å². The maximum Gasteiger partial charge on any atom is 0.418 e. The van der Waals surface area contributed by atoms with E-state index in [0.717, 1.165) is 30.8 Å². The molecule has 7 nitrogen and oxygen atoms in total. The Bertz CT molecular complexity index is 1120. The van der Waals surface area contributed by atoms with Gasteiger partial charge in [-0.3, -0.25) is 0 Å². The third-order valence-electron chi connectivity index (χ3n) is 4.80. The Hall–Kier alpha value is -3.41. The Kier molecular flexibility index (Phi) is 5.87. The van der Waals surface area contributed by atoms with E-state index in [0.29, 0.717) is 25.8 Å². The normalized spacial score (nSPS) is 16.7. The minimum Gasteiger partial charge on any atom is -0.450 e. The fourth-order valence-corrected chi connectivity index (χ4v) is 3.38. The van der Waals surface area contributed by atoms with Gasteiger partial charge in [-0.1, -0.05) is 0 Å². The summed E-state index contributed by atoms with van der Waals surface area (Å²) in [7, 11) is 0. The Morgan fingerprint density at radius 1 is 1.25 bits per heavy atom. The number of ether oxygens (including phenoxy) is 2. The topological polar surface area (TPSA) is 88.3 Å². The van der Waals surface area contributed by atoms with Crippen LogP contribution in [0.1, 0.15) is 18.4 Å². The van der Waals surface area contributed by atoms with Crippen molar-refractivity contribution >= 4 is 22.8 Å². The number of aromatic nitrogens is 2. The lowest BCUT2D eigenvalue weighted by Gasteiger charge is -2.23. The molecule has 3 N–H and O–H groups in total. The second-order valence-electron chi connectivity index (χ2n) is 7.12. The van der Waals surface area contributed by atoms with Crippen molar-refractivity contribution in [3.63, 3.8) is 0 Å². The number of alkyl halides is 3. The highest BCUT2D eigenvalue weighted by molar-refractivity contribution is 5.90. The molecule has 0 radical (unpaired) electrons. The molecule has 170 valence electrons. The Morgan fingerprint density at radius 3 is 2.66 bits per heavy atom. The monoisotopic (exact) mass is 456 g/mol. The number of urea groups is 1. The van der Waals surface area contributed by atoms with Crippen molar-refractivity contribution in [2.24, 2.45) is 0 Å². The molecule has 1 saturated heterocycles. The third-order valence-corrected chi connectivity index (χ3v) is 4.80. The van der Waals surface area contributed by atoms with E-state index < -0.39 is 46.3 Å². The number of pyridine rings is 1. The Morgan fingerprint density at radius 2 is 2.00 bits per heavy atom. The van der Waals surface area contributed by atoms with Crippen LogP contribution in [-0.4, -0.2) is 35.3 Å². The van der Waals surface area contributed by atoms with Crippen molar-refractivity contribution < 1.29 is 36.2 Å². The quantitative estimate of drug-likeness (QED) is 0.485. The number of halogens is 5. The number of nitrogens with one attached hydrogen (secondary N) is 3. The summed E-state index contributed by atoms with van der Waals surface area (Å²) in [6.07, 6.45) is -1.41. The van der Waals surface area contributed by atoms with Gasteiger partial charge in [0.05, 0.1) is 23.6 Å². The van der Waals surface area contributed by atoms with Gasteiger partial charge in [0.25, 0.3) is 0 Å². The molecule has 12 heteroatoms. The lowest BCUT2D eigenvalue weighted by atomic mass is 10.1. The van der Waals surface area contributed by atoms with Crippen LogP contribution in [0.25, 0.3) is 11.0 Å². The molecular formula is C20H17F5N4O3. The van der Waals surface area contributed by atoms with Gasteiger partial charge in [0.15, 0.2) is 17.4 Å². The number of aromatic amines is 1. The van der Waals surface area contributed by atoms with Crippen LogP contribution >= 0.6 is 0 Å². The minimum absolute atomic E-state index is 0.155. The predicted molar refractivity (Wildman–Crippen MR) is 104 cm³/mol. The van der Waals surface area contributed by atoms with Crippen LogP contribution in [0.15, 0.2) is 30.6 Å². The molecule has 1 aliphatic heterocycles. The molecule has 3 heterocycles. The van der Waals surface area contributed by atoms with E-state index in [1.807, 2.05) is 0 Å². The van der Waals surface area contributed by atoms with Crippen molar-refractivity contribution in [1.29, 1.82) is 0 Å². The van der Waals surface area contributed by atoms with Gasteiger partial charge >= 0.3 is 12.2 Å². The zero-order valence-electron chi connectivity index (χ0n) is 16.4. The number of H-pyrrole nitrogens is 1. The molecule has 1 aliphatic rings. The van der Waals surface area contributed by atoms with E-state index in [1.165, 1.54) is 0 Å². The van der Waals surface area contributed by atoms with Crippen molar-refractivity contribution in [3.8, 4) is 11.5 Å². The molecule has 1 atom stereocenters. The molecule has 1 aromatic carbocycles. The van der Waals surface area contributed by atoms with Gasteiger partial charge in [0.2, 0.25) is 0 Å². The first-order valence-electron chi connectivity index (χ1n) is 9.58. The summed E-state index contributed by atoms with van der Waals surface area (Å²) in [5.41, 5.74) is -1.44. The van der Waals surface area contributed by atoms with Crippen LogP contribution in [0.4, 0.5) is 32.4 Å². The van der Waals surface area contributed by atoms with Crippen LogP contribution in [0.5, 0.6) is 11.5 Å². The number of hydrogen-bond donors (Lipinski definition) is 3. The van der Waals surface area contributed by atoms with Gasteiger partial charge in [0, 0.05) is 36.8 Å². The molecule has 32 heavy (non-hydrogen) atoms. The molecule has 3 aromatic rings. The van der Waals surface area contributed by atoms with Gasteiger partial charge in [-0.2, -0.15) is 13.2 Å². The smallest absolute Gasteiger partial charge is 0.418 e. The molecule has 4 rings (SSSR count). The second-order valence-corrected chi connectivity index (χ2v) is 7.12. The number of anilines is 1. The number of hydrogen-bond acceptors (Lipinski definition) is 4. The third kappa shape index (κ3) is 4.59. The summed E-state index contributed by atoms with van der Waals surface area (Å²) in [5.74, 6) is -3.78. The molecule has 0 spiro atoms. The summed E-state index contributed by atoms with van der Waals surface area (Å²) in [6.45, 7) is 0.942. The summed E-state index contributed by atoms with van der Waals surface area (Å²) >= 11 is 0. The zero-order chi connectivity index (χ0) is 22.9. The molecule has 0 bridgehead atoms. The first-order valence-corrected chi connectivity index (χ1v) is 9.58. The fraction of sp³-hybridized carbons (Fsp3) is 0.300. The number of carbonyl (C=O) groups excluding carboxylic acids is 1. The average Bonchev–Trinajstić information content (AvgIpc) is 3.17. The molecule has 0 saturated carbocycles. The lowest BCUT2D eigenvalue weighted by Crippen LogP contribution is -2.42. The van der Waals surface area contributed by atoms with E-state index in [9.17, 15) is 26.7 Å². The maximum absolute atomic E-state index is 14.6. The minimum atomic E-state index is -4.74. The highest BCUT2D eigenvalue weighted by Crippen LogP contribution is 2.40. The summed E-state index contributed by atoms with van der Waals surface area (Å²) < 4.78 is 79.3. The van der Waals surface area contributed by atoms with Crippen molar-refractivity contribution in [3.05, 3.63) is 47.8 Å². The van der Waals surface area contributed by atoms with E-state index in [4.69, 9.17) is 9.47 Å². The van der Waals surface area contributed by atoms with Gasteiger partial charge in [0.1, 0.15) is 11.4 Å². The molecule has 2 aromatic heterocycles. The lowest BCUT2D eigenvalue weighted by molar-refractivity contribution is -0.136. The van der Waals surface area contributed by atoms with Crippen molar-refractivity contribution in [1.82, 2.24) is 15.3 Å². The number of rotatable bonds is 4. The number of fused-ring (bicyclic) bond motifs is 1. The summed E-state index contributed by atoms with van der Waals surface area (Å²) in [6, 6.07) is 1.77. The van der Waals surface area contributed by atoms with Crippen LogP contribution in [0.2, 0.25) is 0 Å². The van der Waals surface area contributed by atoms with Gasteiger partial charge < -0.3 is 25.1 Å². The van der Waals surface area contributed by atoms with E-state index in [1.54, 1.807) is 0 Å². The van der Waals surface area contributed by atoms with E-state index in [-0.39, 0.29) is 17.4 Å².